The van der Waals surface area contributed by atoms with E-state index in [4.69, 9.17) is 9.47 Å². The van der Waals surface area contributed by atoms with Crippen molar-refractivity contribution in [1.82, 2.24) is 4.98 Å². The Morgan fingerprint density at radius 1 is 1.40 bits per heavy atom. The molecule has 1 heterocycles. The summed E-state index contributed by atoms with van der Waals surface area (Å²) in [5.41, 5.74) is 1.36. The van der Waals surface area contributed by atoms with Gasteiger partial charge in [0, 0.05) is 5.38 Å². The highest BCUT2D eigenvalue weighted by Gasteiger charge is 2.11. The molecule has 4 nitrogen and oxygen atoms in total. The van der Waals surface area contributed by atoms with Crippen LogP contribution < -0.4 is 9.47 Å². The van der Waals surface area contributed by atoms with Crippen molar-refractivity contribution in [2.24, 2.45) is 0 Å². The summed E-state index contributed by atoms with van der Waals surface area (Å²) in [5.74, 6) is 1.02. The van der Waals surface area contributed by atoms with Crippen LogP contribution in [0.4, 0.5) is 0 Å². The lowest BCUT2D eigenvalue weighted by Gasteiger charge is -2.11. The first kappa shape index (κ1) is 14.5. The van der Waals surface area contributed by atoms with Crippen LogP contribution in [0, 0.1) is 0 Å². The molecule has 0 saturated carbocycles. The highest BCUT2D eigenvalue weighted by Crippen LogP contribution is 2.30. The van der Waals surface area contributed by atoms with Crippen LogP contribution in [0.2, 0.25) is 0 Å². The van der Waals surface area contributed by atoms with E-state index in [9.17, 15) is 4.79 Å². The highest BCUT2D eigenvalue weighted by molar-refractivity contribution is 7.09. The van der Waals surface area contributed by atoms with Crippen LogP contribution in [-0.2, 0) is 13.0 Å². The maximum atomic E-state index is 11.0. The second-order valence-electron chi connectivity index (χ2n) is 4.27. The van der Waals surface area contributed by atoms with E-state index in [1.165, 1.54) is 0 Å². The number of para-hydroxylation sites is 1. The van der Waals surface area contributed by atoms with Gasteiger partial charge < -0.3 is 9.47 Å². The van der Waals surface area contributed by atoms with E-state index in [0.717, 1.165) is 29.8 Å². The minimum atomic E-state index is 0.335. The van der Waals surface area contributed by atoms with Gasteiger partial charge in [0.1, 0.15) is 6.61 Å². The molecular weight excluding hydrogens is 274 g/mol. The van der Waals surface area contributed by atoms with E-state index >= 15 is 0 Å². The van der Waals surface area contributed by atoms with E-state index < -0.39 is 0 Å². The summed E-state index contributed by atoms with van der Waals surface area (Å²) in [7, 11) is 1.55. The Morgan fingerprint density at radius 3 is 2.95 bits per heavy atom. The van der Waals surface area contributed by atoms with Gasteiger partial charge in [0.25, 0.3) is 0 Å². The van der Waals surface area contributed by atoms with Crippen molar-refractivity contribution in [3.8, 4) is 11.5 Å². The molecule has 0 aliphatic carbocycles. The summed E-state index contributed by atoms with van der Waals surface area (Å²) in [6.45, 7) is 2.46. The van der Waals surface area contributed by atoms with Gasteiger partial charge in [-0.15, -0.1) is 11.3 Å². The van der Waals surface area contributed by atoms with E-state index in [2.05, 4.69) is 11.9 Å². The SMILES string of the molecule is CCCc1nc(COc2c(C=O)cccc2OC)cs1. The van der Waals surface area contributed by atoms with Gasteiger partial charge in [-0.05, 0) is 25.0 Å². The quantitative estimate of drug-likeness (QED) is 0.733. The first-order valence-electron chi connectivity index (χ1n) is 6.46. The summed E-state index contributed by atoms with van der Waals surface area (Å²) in [6.07, 6.45) is 2.83. The number of aryl methyl sites for hydroxylation is 1. The molecule has 0 amide bonds. The number of carbonyl (C=O) groups is 1. The van der Waals surface area contributed by atoms with Crippen LogP contribution in [0.1, 0.15) is 34.4 Å². The molecule has 2 rings (SSSR count). The Labute approximate surface area is 122 Å². The summed E-state index contributed by atoms with van der Waals surface area (Å²) < 4.78 is 10.9. The number of ether oxygens (including phenoxy) is 2. The molecule has 20 heavy (non-hydrogen) atoms. The van der Waals surface area contributed by atoms with Gasteiger partial charge in [0.2, 0.25) is 0 Å². The lowest BCUT2D eigenvalue weighted by atomic mass is 10.2. The Kier molecular flexibility index (Phi) is 5.12. The number of aldehydes is 1. The molecule has 0 fully saturated rings. The minimum Gasteiger partial charge on any atom is -0.493 e. The van der Waals surface area contributed by atoms with Gasteiger partial charge in [0.05, 0.1) is 23.4 Å². The summed E-state index contributed by atoms with van der Waals surface area (Å²) >= 11 is 1.64. The van der Waals surface area contributed by atoms with Crippen LogP contribution in [0.5, 0.6) is 11.5 Å². The van der Waals surface area contributed by atoms with Crippen molar-refractivity contribution < 1.29 is 14.3 Å². The molecule has 0 bridgehead atoms. The zero-order valence-electron chi connectivity index (χ0n) is 11.6. The average Bonchev–Trinajstić information content (AvgIpc) is 2.92. The third-order valence-corrected chi connectivity index (χ3v) is 3.74. The van der Waals surface area contributed by atoms with E-state index in [0.29, 0.717) is 23.7 Å². The Bertz CT molecular complexity index is 580. The number of methoxy groups -OCH3 is 1. The molecule has 0 spiro atoms. The topological polar surface area (TPSA) is 48.4 Å². The van der Waals surface area contributed by atoms with Crippen molar-refractivity contribution in [3.05, 3.63) is 39.8 Å². The number of thiazole rings is 1. The van der Waals surface area contributed by atoms with Crippen LogP contribution >= 0.6 is 11.3 Å². The second kappa shape index (κ2) is 7.05. The van der Waals surface area contributed by atoms with E-state index in [-0.39, 0.29) is 0 Å². The Hall–Kier alpha value is -1.88. The molecule has 1 aromatic carbocycles. The monoisotopic (exact) mass is 291 g/mol. The number of nitrogens with zero attached hydrogens (tertiary/aromatic N) is 1. The zero-order chi connectivity index (χ0) is 14.4. The maximum absolute atomic E-state index is 11.0. The molecule has 0 atom stereocenters. The number of aromatic nitrogens is 1. The molecular formula is C15H17NO3S. The Balaban J connectivity index is 2.11. The third-order valence-electron chi connectivity index (χ3n) is 2.78. The molecule has 0 unspecified atom stereocenters. The van der Waals surface area contributed by atoms with Gasteiger partial charge in [-0.2, -0.15) is 0 Å². The summed E-state index contributed by atoms with van der Waals surface area (Å²) in [5, 5.41) is 3.10. The highest BCUT2D eigenvalue weighted by atomic mass is 32.1. The normalized spacial score (nSPS) is 10.3. The van der Waals surface area contributed by atoms with E-state index in [1.807, 2.05) is 5.38 Å². The first-order valence-corrected chi connectivity index (χ1v) is 7.34. The van der Waals surface area contributed by atoms with Crippen molar-refractivity contribution in [2.75, 3.05) is 7.11 Å². The predicted octanol–water partition coefficient (Wildman–Crippen LogP) is 3.50. The third kappa shape index (κ3) is 3.36. The zero-order valence-corrected chi connectivity index (χ0v) is 12.4. The molecule has 5 heteroatoms. The maximum Gasteiger partial charge on any atom is 0.172 e. The van der Waals surface area contributed by atoms with Crippen LogP contribution in [-0.4, -0.2) is 18.4 Å². The largest absolute Gasteiger partial charge is 0.493 e. The van der Waals surface area contributed by atoms with Gasteiger partial charge >= 0.3 is 0 Å². The van der Waals surface area contributed by atoms with Gasteiger partial charge in [-0.3, -0.25) is 4.79 Å². The molecule has 0 aliphatic rings. The number of hydrogen-bond acceptors (Lipinski definition) is 5. The fourth-order valence-electron chi connectivity index (χ4n) is 1.83. The van der Waals surface area contributed by atoms with Gasteiger partial charge in [0.15, 0.2) is 17.8 Å². The average molecular weight is 291 g/mol. The molecule has 0 N–H and O–H groups in total. The van der Waals surface area contributed by atoms with Crippen molar-refractivity contribution in [3.63, 3.8) is 0 Å². The number of benzene rings is 1. The molecule has 0 saturated heterocycles. The van der Waals surface area contributed by atoms with Crippen LogP contribution in [0.15, 0.2) is 23.6 Å². The van der Waals surface area contributed by atoms with Crippen LogP contribution in [0.25, 0.3) is 0 Å². The predicted molar refractivity (Wildman–Crippen MR) is 78.8 cm³/mol. The second-order valence-corrected chi connectivity index (χ2v) is 5.21. The summed E-state index contributed by atoms with van der Waals surface area (Å²) in [6, 6.07) is 5.23. The first-order chi connectivity index (χ1) is 9.78. The van der Waals surface area contributed by atoms with Gasteiger partial charge in [-0.25, -0.2) is 4.98 Å². The molecule has 2 aromatic rings. The van der Waals surface area contributed by atoms with Crippen molar-refractivity contribution >= 4 is 17.6 Å². The number of hydrogen-bond donors (Lipinski definition) is 0. The molecule has 0 radical (unpaired) electrons. The smallest absolute Gasteiger partial charge is 0.172 e. The Morgan fingerprint density at radius 2 is 2.25 bits per heavy atom. The van der Waals surface area contributed by atoms with Crippen LogP contribution in [0.3, 0.4) is 0 Å². The van der Waals surface area contributed by atoms with Crippen molar-refractivity contribution in [2.45, 2.75) is 26.4 Å². The number of rotatable bonds is 7. The fraction of sp³-hybridized carbons (Fsp3) is 0.333. The minimum absolute atomic E-state index is 0.335. The summed E-state index contributed by atoms with van der Waals surface area (Å²) in [4.78, 5) is 15.5. The fourth-order valence-corrected chi connectivity index (χ4v) is 2.72. The van der Waals surface area contributed by atoms with Crippen molar-refractivity contribution in [1.29, 1.82) is 0 Å². The standard InChI is InChI=1S/C15H17NO3S/c1-3-5-14-16-12(10-20-14)9-19-15-11(8-17)6-4-7-13(15)18-2/h4,6-8,10H,3,5,9H2,1-2H3. The van der Waals surface area contributed by atoms with E-state index in [1.54, 1.807) is 36.6 Å². The lowest BCUT2D eigenvalue weighted by Crippen LogP contribution is -2.01. The molecule has 0 aliphatic heterocycles. The van der Waals surface area contributed by atoms with Gasteiger partial charge in [-0.1, -0.05) is 13.0 Å². The number of carbonyl (C=O) groups excluding carboxylic acids is 1. The molecule has 106 valence electrons. The lowest BCUT2D eigenvalue weighted by molar-refractivity contribution is 0.111. The molecule has 1 aromatic heterocycles.